The van der Waals surface area contributed by atoms with Crippen LogP contribution < -0.4 is 9.88 Å². The lowest BCUT2D eigenvalue weighted by Gasteiger charge is -2.07. The van der Waals surface area contributed by atoms with Gasteiger partial charge in [-0.15, -0.1) is 23.1 Å². The molecule has 6 nitrogen and oxygen atoms in total. The van der Waals surface area contributed by atoms with Crippen molar-refractivity contribution in [1.29, 1.82) is 0 Å². The zero-order valence-corrected chi connectivity index (χ0v) is 16.0. The number of benzene rings is 1. The molecule has 0 spiro atoms. The molecule has 0 fully saturated rings. The molecule has 3 rings (SSSR count). The standard InChI is InChI=1S/C16H17N3O3S3/c1-2-12-9-14-15(18-10-19-16(14)24-12)23-8-7-22-11-3-5-13(6-4-11)25(17,20)21/h3-6,9-10H,2,7-8H2,1H3,(H2,17,20,21). The van der Waals surface area contributed by atoms with Crippen LogP contribution in [0, 0.1) is 0 Å². The number of nitrogens with two attached hydrogens (primary N) is 1. The maximum Gasteiger partial charge on any atom is 0.238 e. The zero-order valence-electron chi connectivity index (χ0n) is 13.5. The van der Waals surface area contributed by atoms with Gasteiger partial charge in [0.25, 0.3) is 0 Å². The first kappa shape index (κ1) is 18.1. The summed E-state index contributed by atoms with van der Waals surface area (Å²) in [5, 5.41) is 7.11. The highest BCUT2D eigenvalue weighted by atomic mass is 32.2. The van der Waals surface area contributed by atoms with E-state index in [1.807, 2.05) is 0 Å². The average molecular weight is 396 g/mol. The molecule has 0 unspecified atom stereocenters. The molecular weight excluding hydrogens is 378 g/mol. The number of thioether (sulfide) groups is 1. The van der Waals surface area contributed by atoms with Crippen LogP contribution >= 0.6 is 23.1 Å². The van der Waals surface area contributed by atoms with Gasteiger partial charge in [0.05, 0.1) is 11.5 Å². The maximum absolute atomic E-state index is 11.2. The molecule has 3 aromatic rings. The molecule has 132 valence electrons. The largest absolute Gasteiger partial charge is 0.493 e. The molecular formula is C16H17N3O3S3. The summed E-state index contributed by atoms with van der Waals surface area (Å²) >= 11 is 3.31. The Labute approximate surface area is 154 Å². The summed E-state index contributed by atoms with van der Waals surface area (Å²) in [6.07, 6.45) is 2.58. The van der Waals surface area contributed by atoms with Crippen LogP contribution in [0.2, 0.25) is 0 Å². The van der Waals surface area contributed by atoms with E-state index in [0.29, 0.717) is 12.4 Å². The molecule has 0 aliphatic heterocycles. The molecule has 2 N–H and O–H groups in total. The number of aromatic nitrogens is 2. The van der Waals surface area contributed by atoms with Gasteiger partial charge in [-0.1, -0.05) is 6.92 Å². The van der Waals surface area contributed by atoms with E-state index in [-0.39, 0.29) is 4.90 Å². The lowest BCUT2D eigenvalue weighted by molar-refractivity contribution is 0.343. The fourth-order valence-electron chi connectivity index (χ4n) is 2.20. The molecule has 0 aliphatic rings. The predicted molar refractivity (Wildman–Crippen MR) is 101 cm³/mol. The van der Waals surface area contributed by atoms with Crippen LogP contribution in [0.4, 0.5) is 0 Å². The summed E-state index contributed by atoms with van der Waals surface area (Å²) in [5.41, 5.74) is 0. The molecule has 2 heterocycles. The Hall–Kier alpha value is -1.68. The van der Waals surface area contributed by atoms with Crippen LogP contribution in [0.3, 0.4) is 0 Å². The van der Waals surface area contributed by atoms with Gasteiger partial charge in [0.15, 0.2) is 0 Å². The van der Waals surface area contributed by atoms with E-state index in [0.717, 1.165) is 27.4 Å². The van der Waals surface area contributed by atoms with E-state index in [9.17, 15) is 8.42 Å². The SMILES string of the molecule is CCc1cc2c(SCCOc3ccc(S(N)(=O)=O)cc3)ncnc2s1. The van der Waals surface area contributed by atoms with Gasteiger partial charge < -0.3 is 4.74 Å². The normalized spacial score (nSPS) is 11.8. The van der Waals surface area contributed by atoms with E-state index in [1.54, 1.807) is 41.6 Å². The molecule has 2 aromatic heterocycles. The van der Waals surface area contributed by atoms with Crippen LogP contribution in [0.5, 0.6) is 5.75 Å². The van der Waals surface area contributed by atoms with Gasteiger partial charge >= 0.3 is 0 Å². The topological polar surface area (TPSA) is 95.2 Å². The predicted octanol–water partition coefficient (Wildman–Crippen LogP) is 3.07. The lowest BCUT2D eigenvalue weighted by atomic mass is 10.3. The van der Waals surface area contributed by atoms with Crippen molar-refractivity contribution in [2.75, 3.05) is 12.4 Å². The number of thiophene rings is 1. The summed E-state index contributed by atoms with van der Waals surface area (Å²) in [6.45, 7) is 2.61. The molecule has 0 aliphatic carbocycles. The Bertz CT molecular complexity index is 969. The summed E-state index contributed by atoms with van der Waals surface area (Å²) in [5.74, 6) is 1.32. The van der Waals surface area contributed by atoms with Gasteiger partial charge in [-0.25, -0.2) is 23.5 Å². The smallest absolute Gasteiger partial charge is 0.238 e. The minimum atomic E-state index is -3.67. The fraction of sp³-hybridized carbons (Fsp3) is 0.250. The second-order valence-corrected chi connectivity index (χ2v) is 8.94. The van der Waals surface area contributed by atoms with Gasteiger partial charge in [0, 0.05) is 16.0 Å². The highest BCUT2D eigenvalue weighted by Gasteiger charge is 2.09. The molecule has 25 heavy (non-hydrogen) atoms. The number of hydrogen-bond donors (Lipinski definition) is 1. The van der Waals surface area contributed by atoms with Gasteiger partial charge in [0.1, 0.15) is 21.9 Å². The first-order chi connectivity index (χ1) is 12.0. The summed E-state index contributed by atoms with van der Waals surface area (Å²) in [4.78, 5) is 11.1. The summed E-state index contributed by atoms with van der Waals surface area (Å²) < 4.78 is 28.1. The number of nitrogens with zero attached hydrogens (tertiary/aromatic N) is 2. The number of ether oxygens (including phenoxy) is 1. The van der Waals surface area contributed by atoms with E-state index < -0.39 is 10.0 Å². The number of sulfonamides is 1. The molecule has 1 aromatic carbocycles. The third-order valence-electron chi connectivity index (χ3n) is 3.44. The lowest BCUT2D eigenvalue weighted by Crippen LogP contribution is -2.11. The van der Waals surface area contributed by atoms with Crippen LogP contribution in [0.1, 0.15) is 11.8 Å². The third kappa shape index (κ3) is 4.49. The van der Waals surface area contributed by atoms with Crippen LogP contribution in [0.25, 0.3) is 10.2 Å². The second kappa shape index (κ2) is 7.69. The zero-order chi connectivity index (χ0) is 17.9. The van der Waals surface area contributed by atoms with Crippen molar-refractivity contribution in [2.24, 2.45) is 5.14 Å². The number of primary sulfonamides is 1. The fourth-order valence-corrected chi connectivity index (χ4v) is 4.50. The molecule has 0 saturated heterocycles. The Morgan fingerprint density at radius 2 is 2.00 bits per heavy atom. The average Bonchev–Trinajstić information content (AvgIpc) is 3.02. The molecule has 0 bridgehead atoms. The van der Waals surface area contributed by atoms with Gasteiger partial charge in [-0.2, -0.15) is 0 Å². The van der Waals surface area contributed by atoms with Crippen molar-refractivity contribution >= 4 is 43.3 Å². The number of hydrogen-bond acceptors (Lipinski definition) is 7. The van der Waals surface area contributed by atoms with Crippen molar-refractivity contribution in [1.82, 2.24) is 9.97 Å². The number of aryl methyl sites for hydroxylation is 1. The van der Waals surface area contributed by atoms with E-state index in [2.05, 4.69) is 23.0 Å². The Morgan fingerprint density at radius 3 is 2.68 bits per heavy atom. The van der Waals surface area contributed by atoms with E-state index >= 15 is 0 Å². The van der Waals surface area contributed by atoms with Gasteiger partial charge in [-0.3, -0.25) is 0 Å². The Morgan fingerprint density at radius 1 is 1.24 bits per heavy atom. The maximum atomic E-state index is 11.2. The van der Waals surface area contributed by atoms with Crippen molar-refractivity contribution < 1.29 is 13.2 Å². The monoisotopic (exact) mass is 395 g/mol. The van der Waals surface area contributed by atoms with Crippen LogP contribution in [-0.2, 0) is 16.4 Å². The Balaban J connectivity index is 1.58. The van der Waals surface area contributed by atoms with E-state index in [1.165, 1.54) is 17.0 Å². The van der Waals surface area contributed by atoms with Crippen LogP contribution in [-0.4, -0.2) is 30.7 Å². The summed E-state index contributed by atoms with van der Waals surface area (Å²) in [7, 11) is -3.67. The number of fused-ring (bicyclic) bond motifs is 1. The van der Waals surface area contributed by atoms with E-state index in [4.69, 9.17) is 9.88 Å². The molecule has 0 radical (unpaired) electrons. The van der Waals surface area contributed by atoms with Gasteiger partial charge in [0.2, 0.25) is 10.0 Å². The highest BCUT2D eigenvalue weighted by molar-refractivity contribution is 7.99. The summed E-state index contributed by atoms with van der Waals surface area (Å²) in [6, 6.07) is 8.21. The second-order valence-electron chi connectivity index (χ2n) is 5.18. The first-order valence-corrected chi connectivity index (χ1v) is 10.9. The van der Waals surface area contributed by atoms with Crippen LogP contribution in [0.15, 0.2) is 46.6 Å². The Kier molecular flexibility index (Phi) is 5.57. The molecule has 0 atom stereocenters. The van der Waals surface area contributed by atoms with Crippen molar-refractivity contribution in [3.63, 3.8) is 0 Å². The number of rotatable bonds is 7. The van der Waals surface area contributed by atoms with Crippen molar-refractivity contribution in [3.05, 3.63) is 41.5 Å². The first-order valence-electron chi connectivity index (χ1n) is 7.59. The molecule has 0 amide bonds. The van der Waals surface area contributed by atoms with Crippen molar-refractivity contribution in [3.8, 4) is 5.75 Å². The third-order valence-corrected chi connectivity index (χ3v) is 6.52. The minimum Gasteiger partial charge on any atom is -0.493 e. The molecule has 9 heteroatoms. The van der Waals surface area contributed by atoms with Crippen molar-refractivity contribution in [2.45, 2.75) is 23.3 Å². The highest BCUT2D eigenvalue weighted by Crippen LogP contribution is 2.30. The quantitative estimate of drug-likeness (QED) is 0.375. The molecule has 0 saturated carbocycles. The van der Waals surface area contributed by atoms with Gasteiger partial charge in [-0.05, 0) is 36.8 Å². The minimum absolute atomic E-state index is 0.0711.